The van der Waals surface area contributed by atoms with Crippen LogP contribution in [0.2, 0.25) is 0 Å². The van der Waals surface area contributed by atoms with Gasteiger partial charge in [-0.15, -0.1) is 5.10 Å². The summed E-state index contributed by atoms with van der Waals surface area (Å²) in [4.78, 5) is 0. The molecule has 6 nitrogen and oxygen atoms in total. The first-order valence-corrected chi connectivity index (χ1v) is 5.75. The summed E-state index contributed by atoms with van der Waals surface area (Å²) in [6.45, 7) is -0.484. The summed E-state index contributed by atoms with van der Waals surface area (Å²) in [5, 5.41) is 10.9. The van der Waals surface area contributed by atoms with E-state index in [2.05, 4.69) is 15.5 Å². The smallest absolute Gasteiger partial charge is 0.261 e. The lowest BCUT2D eigenvalue weighted by atomic mass is 10.1. The van der Waals surface area contributed by atoms with Crippen LogP contribution in [0.4, 0.5) is 18.9 Å². The van der Waals surface area contributed by atoms with Crippen molar-refractivity contribution in [3.8, 4) is 11.4 Å². The van der Waals surface area contributed by atoms with Crippen LogP contribution in [-0.2, 0) is 11.3 Å². The standard InChI is InChI=1S/C11H12F3N5O/c12-7-1-2-9(15)8(5-7)11-16-17-18-19(11)3-4-20-6-10(13)14/h1-2,5,10H,3-4,6,15H2. The number of hydrogen-bond acceptors (Lipinski definition) is 5. The molecule has 0 saturated heterocycles. The SMILES string of the molecule is Nc1ccc(F)cc1-c1nnnn1CCOCC(F)F. The normalized spacial score (nSPS) is 11.2. The topological polar surface area (TPSA) is 78.9 Å². The van der Waals surface area contributed by atoms with Crippen molar-refractivity contribution >= 4 is 5.69 Å². The molecule has 2 N–H and O–H groups in total. The third-order valence-electron chi connectivity index (χ3n) is 2.48. The predicted octanol–water partition coefficient (Wildman–Crippen LogP) is 1.34. The quantitative estimate of drug-likeness (QED) is 0.640. The molecule has 0 unspecified atom stereocenters. The van der Waals surface area contributed by atoms with Gasteiger partial charge in [-0.3, -0.25) is 0 Å². The van der Waals surface area contributed by atoms with Crippen molar-refractivity contribution in [2.45, 2.75) is 13.0 Å². The summed E-state index contributed by atoms with van der Waals surface area (Å²) in [7, 11) is 0. The number of aromatic nitrogens is 4. The van der Waals surface area contributed by atoms with Gasteiger partial charge in [-0.2, -0.15) is 0 Å². The molecule has 1 aromatic heterocycles. The molecule has 1 heterocycles. The Morgan fingerprint density at radius 2 is 2.15 bits per heavy atom. The molecule has 0 saturated carbocycles. The molecule has 108 valence electrons. The lowest BCUT2D eigenvalue weighted by molar-refractivity contribution is 0.0140. The number of ether oxygens (including phenoxy) is 1. The lowest BCUT2D eigenvalue weighted by Gasteiger charge is -2.07. The van der Waals surface area contributed by atoms with Gasteiger partial charge in [0.25, 0.3) is 6.43 Å². The van der Waals surface area contributed by atoms with Gasteiger partial charge >= 0.3 is 0 Å². The average molecular weight is 287 g/mol. The largest absolute Gasteiger partial charge is 0.398 e. The van der Waals surface area contributed by atoms with Crippen LogP contribution in [0, 0.1) is 5.82 Å². The summed E-state index contributed by atoms with van der Waals surface area (Å²) in [6, 6.07) is 3.83. The number of hydrogen-bond donors (Lipinski definition) is 1. The third-order valence-corrected chi connectivity index (χ3v) is 2.48. The molecule has 0 amide bonds. The predicted molar refractivity (Wildman–Crippen MR) is 64.4 cm³/mol. The van der Waals surface area contributed by atoms with Crippen molar-refractivity contribution in [1.29, 1.82) is 0 Å². The van der Waals surface area contributed by atoms with Crippen LogP contribution in [0.3, 0.4) is 0 Å². The Bertz CT molecular complexity index is 575. The van der Waals surface area contributed by atoms with E-state index in [-0.39, 0.29) is 19.0 Å². The van der Waals surface area contributed by atoms with Gasteiger partial charge in [-0.1, -0.05) is 0 Å². The number of halogens is 3. The third kappa shape index (κ3) is 3.44. The van der Waals surface area contributed by atoms with Crippen LogP contribution in [0.25, 0.3) is 11.4 Å². The number of nitrogen functional groups attached to an aromatic ring is 1. The summed E-state index contributed by atoms with van der Waals surface area (Å²) in [5.41, 5.74) is 6.39. The minimum Gasteiger partial charge on any atom is -0.398 e. The zero-order valence-corrected chi connectivity index (χ0v) is 10.3. The Hall–Kier alpha value is -2.16. The van der Waals surface area contributed by atoms with E-state index >= 15 is 0 Å². The number of anilines is 1. The monoisotopic (exact) mass is 287 g/mol. The molecule has 0 atom stereocenters. The fraction of sp³-hybridized carbons (Fsp3) is 0.364. The van der Waals surface area contributed by atoms with Gasteiger partial charge in [0, 0.05) is 11.3 Å². The van der Waals surface area contributed by atoms with Gasteiger partial charge in [-0.05, 0) is 28.6 Å². The van der Waals surface area contributed by atoms with Crippen LogP contribution < -0.4 is 5.73 Å². The number of tetrazole rings is 1. The molecule has 2 aromatic rings. The minimum atomic E-state index is -2.53. The fourth-order valence-electron chi connectivity index (χ4n) is 1.59. The molecule has 1 aromatic carbocycles. The van der Waals surface area contributed by atoms with Crippen molar-refractivity contribution in [2.24, 2.45) is 0 Å². The van der Waals surface area contributed by atoms with Gasteiger partial charge in [-0.25, -0.2) is 17.9 Å². The van der Waals surface area contributed by atoms with E-state index in [0.29, 0.717) is 11.3 Å². The second kappa shape index (κ2) is 6.33. The molecule has 0 bridgehead atoms. The first-order chi connectivity index (χ1) is 9.58. The molecule has 20 heavy (non-hydrogen) atoms. The van der Waals surface area contributed by atoms with E-state index in [4.69, 9.17) is 10.5 Å². The van der Waals surface area contributed by atoms with Crippen LogP contribution in [0.5, 0.6) is 0 Å². The first-order valence-electron chi connectivity index (χ1n) is 5.75. The van der Waals surface area contributed by atoms with Crippen LogP contribution in [-0.4, -0.2) is 39.8 Å². The van der Waals surface area contributed by atoms with E-state index in [1.165, 1.54) is 22.9 Å². The Balaban J connectivity index is 2.10. The molecular weight excluding hydrogens is 275 g/mol. The van der Waals surface area contributed by atoms with Crippen molar-refractivity contribution in [3.63, 3.8) is 0 Å². The Kier molecular flexibility index (Phi) is 4.51. The second-order valence-corrected chi connectivity index (χ2v) is 3.92. The second-order valence-electron chi connectivity index (χ2n) is 3.92. The molecule has 0 aliphatic rings. The van der Waals surface area contributed by atoms with E-state index in [0.717, 1.165) is 0 Å². The van der Waals surface area contributed by atoms with Gasteiger partial charge in [0.15, 0.2) is 5.82 Å². The average Bonchev–Trinajstić information content (AvgIpc) is 2.85. The lowest BCUT2D eigenvalue weighted by Crippen LogP contribution is -2.13. The first kappa shape index (κ1) is 14.3. The summed E-state index contributed by atoms with van der Waals surface area (Å²) in [5.74, 6) is -0.222. The maximum atomic E-state index is 13.2. The highest BCUT2D eigenvalue weighted by atomic mass is 19.3. The van der Waals surface area contributed by atoms with E-state index in [1.54, 1.807) is 0 Å². The number of rotatable bonds is 6. The summed E-state index contributed by atoms with van der Waals surface area (Å²) in [6.07, 6.45) is -2.53. The molecule has 0 fully saturated rings. The summed E-state index contributed by atoms with van der Waals surface area (Å²) < 4.78 is 43.1. The van der Waals surface area contributed by atoms with Crippen molar-refractivity contribution in [3.05, 3.63) is 24.0 Å². The van der Waals surface area contributed by atoms with Crippen molar-refractivity contribution in [2.75, 3.05) is 18.9 Å². The zero-order chi connectivity index (χ0) is 14.5. The summed E-state index contributed by atoms with van der Waals surface area (Å²) >= 11 is 0. The Morgan fingerprint density at radius 3 is 2.90 bits per heavy atom. The van der Waals surface area contributed by atoms with Gasteiger partial charge < -0.3 is 10.5 Å². The highest BCUT2D eigenvalue weighted by Crippen LogP contribution is 2.24. The molecular formula is C11H12F3N5O. The van der Waals surface area contributed by atoms with Crippen LogP contribution in [0.1, 0.15) is 0 Å². The van der Waals surface area contributed by atoms with Gasteiger partial charge in [0.05, 0.1) is 13.2 Å². The zero-order valence-electron chi connectivity index (χ0n) is 10.3. The number of alkyl halides is 2. The fourth-order valence-corrected chi connectivity index (χ4v) is 1.59. The molecule has 0 aliphatic heterocycles. The van der Waals surface area contributed by atoms with Crippen molar-refractivity contribution < 1.29 is 17.9 Å². The number of nitrogens with zero attached hydrogens (tertiary/aromatic N) is 4. The molecule has 0 spiro atoms. The number of nitrogens with two attached hydrogens (primary N) is 1. The molecule has 2 rings (SSSR count). The molecule has 9 heteroatoms. The van der Waals surface area contributed by atoms with Crippen molar-refractivity contribution in [1.82, 2.24) is 20.2 Å². The Labute approximate surface area is 112 Å². The maximum absolute atomic E-state index is 13.2. The molecule has 0 radical (unpaired) electrons. The highest BCUT2D eigenvalue weighted by Gasteiger charge is 2.13. The highest BCUT2D eigenvalue weighted by molar-refractivity contribution is 5.71. The van der Waals surface area contributed by atoms with Crippen LogP contribution in [0.15, 0.2) is 18.2 Å². The maximum Gasteiger partial charge on any atom is 0.261 e. The van der Waals surface area contributed by atoms with E-state index in [1.807, 2.05) is 0 Å². The minimum absolute atomic E-state index is 0.0115. The van der Waals surface area contributed by atoms with E-state index in [9.17, 15) is 13.2 Å². The van der Waals surface area contributed by atoms with Gasteiger partial charge in [0.1, 0.15) is 12.4 Å². The van der Waals surface area contributed by atoms with Crippen LogP contribution >= 0.6 is 0 Å². The van der Waals surface area contributed by atoms with Gasteiger partial charge in [0.2, 0.25) is 0 Å². The van der Waals surface area contributed by atoms with E-state index < -0.39 is 18.8 Å². The Morgan fingerprint density at radius 1 is 1.35 bits per heavy atom. The number of benzene rings is 1. The molecule has 0 aliphatic carbocycles.